The van der Waals surface area contributed by atoms with Crippen molar-refractivity contribution in [1.82, 2.24) is 5.32 Å². The average Bonchev–Trinajstić information content (AvgIpc) is 2.24. The van der Waals surface area contributed by atoms with Crippen LogP contribution in [-0.4, -0.2) is 44.5 Å². The summed E-state index contributed by atoms with van der Waals surface area (Å²) in [4.78, 5) is 20.2. The van der Waals surface area contributed by atoms with Crippen LogP contribution in [0.3, 0.4) is 0 Å². The summed E-state index contributed by atoms with van der Waals surface area (Å²) in [6, 6.07) is 0. The Morgan fingerprint density at radius 1 is 1.22 bits per heavy atom. The highest BCUT2D eigenvalue weighted by molar-refractivity contribution is 5.67. The monoisotopic (exact) mass is 263 g/mol. The minimum absolute atomic E-state index is 0.396. The van der Waals surface area contributed by atoms with Crippen molar-refractivity contribution in [1.29, 1.82) is 0 Å². The fourth-order valence-corrected chi connectivity index (χ4v) is 0.752. The summed E-state index contributed by atoms with van der Waals surface area (Å²) < 4.78 is 14.2. The van der Waals surface area contributed by atoms with Gasteiger partial charge in [0, 0.05) is 13.2 Å². The Hall–Kier alpha value is -1.30. The summed E-state index contributed by atoms with van der Waals surface area (Å²) >= 11 is 0. The van der Waals surface area contributed by atoms with Crippen LogP contribution in [0.15, 0.2) is 0 Å². The molecule has 0 aromatic rings. The van der Waals surface area contributed by atoms with Gasteiger partial charge in [-0.25, -0.2) is 4.79 Å². The summed E-state index contributed by atoms with van der Waals surface area (Å²) in [7, 11) is 0. The van der Waals surface area contributed by atoms with Gasteiger partial charge in [-0.2, -0.15) is 0 Å². The smallest absolute Gasteiger partial charge is 0.407 e. The van der Waals surface area contributed by atoms with Crippen LogP contribution in [0.1, 0.15) is 34.6 Å². The minimum atomic E-state index is -0.435. The first-order valence-corrected chi connectivity index (χ1v) is 5.97. The normalized spacial score (nSPS) is 9.83. The standard InChI is InChI=1S/C9H19NO3.C3H6O2/c1-5-12-7-6-10-8(11)13-9(2,3)4;1-2-5-3-4/h5-7H2,1-4H3,(H,10,11);3H,2H2,1H3. The lowest BCUT2D eigenvalue weighted by atomic mass is 10.2. The Morgan fingerprint density at radius 2 is 1.83 bits per heavy atom. The van der Waals surface area contributed by atoms with Crippen LogP contribution in [0.2, 0.25) is 0 Å². The number of carbonyl (C=O) groups is 2. The molecule has 6 heteroatoms. The zero-order valence-corrected chi connectivity index (χ0v) is 11.9. The molecular formula is C12H25NO5. The molecule has 0 spiro atoms. The molecule has 0 aliphatic rings. The highest BCUT2D eigenvalue weighted by Gasteiger charge is 2.15. The molecule has 108 valence electrons. The molecule has 0 aromatic carbocycles. The van der Waals surface area contributed by atoms with Gasteiger partial charge in [0.15, 0.2) is 0 Å². The molecule has 0 radical (unpaired) electrons. The maximum atomic E-state index is 11.0. The maximum absolute atomic E-state index is 11.0. The Bertz CT molecular complexity index is 213. The molecule has 0 bridgehead atoms. The van der Waals surface area contributed by atoms with Crippen LogP contribution in [-0.2, 0) is 19.0 Å². The zero-order valence-electron chi connectivity index (χ0n) is 11.9. The minimum Gasteiger partial charge on any atom is -0.468 e. The number of hydrogen-bond acceptors (Lipinski definition) is 5. The lowest BCUT2D eigenvalue weighted by Crippen LogP contribution is -2.34. The summed E-state index contributed by atoms with van der Waals surface area (Å²) in [6.45, 7) is 11.7. The molecule has 0 rings (SSSR count). The number of carbonyl (C=O) groups excluding carboxylic acids is 2. The number of nitrogens with one attached hydrogen (secondary N) is 1. The molecular weight excluding hydrogens is 238 g/mol. The molecule has 1 N–H and O–H groups in total. The third-order valence-electron chi connectivity index (χ3n) is 1.35. The van der Waals surface area contributed by atoms with E-state index in [-0.39, 0.29) is 0 Å². The molecule has 0 aliphatic carbocycles. The lowest BCUT2D eigenvalue weighted by molar-refractivity contribution is -0.128. The Kier molecular flexibility index (Phi) is 12.9. The fourth-order valence-electron chi connectivity index (χ4n) is 0.752. The van der Waals surface area contributed by atoms with Crippen LogP contribution in [0.5, 0.6) is 0 Å². The highest BCUT2D eigenvalue weighted by Crippen LogP contribution is 2.05. The molecule has 6 nitrogen and oxygen atoms in total. The van der Waals surface area contributed by atoms with E-state index in [1.165, 1.54) is 0 Å². The van der Waals surface area contributed by atoms with Gasteiger partial charge in [0.2, 0.25) is 0 Å². The van der Waals surface area contributed by atoms with E-state index < -0.39 is 11.7 Å². The molecule has 0 saturated heterocycles. The van der Waals surface area contributed by atoms with Crippen molar-refractivity contribution in [3.63, 3.8) is 0 Å². The van der Waals surface area contributed by atoms with Gasteiger partial charge in [0.1, 0.15) is 5.60 Å². The Balaban J connectivity index is 0. The molecule has 0 unspecified atom stereocenters. The maximum Gasteiger partial charge on any atom is 0.407 e. The van der Waals surface area contributed by atoms with Crippen molar-refractivity contribution in [2.24, 2.45) is 0 Å². The summed E-state index contributed by atoms with van der Waals surface area (Å²) in [6.07, 6.45) is -0.396. The van der Waals surface area contributed by atoms with Crippen LogP contribution in [0.25, 0.3) is 0 Å². The van der Waals surface area contributed by atoms with Gasteiger partial charge in [-0.15, -0.1) is 0 Å². The van der Waals surface area contributed by atoms with E-state index in [9.17, 15) is 9.59 Å². The van der Waals surface area contributed by atoms with Crippen molar-refractivity contribution < 1.29 is 23.8 Å². The van der Waals surface area contributed by atoms with Crippen molar-refractivity contribution in [3.8, 4) is 0 Å². The van der Waals surface area contributed by atoms with Crippen molar-refractivity contribution >= 4 is 12.6 Å². The van der Waals surface area contributed by atoms with E-state index in [1.807, 2.05) is 27.7 Å². The number of hydrogen-bond donors (Lipinski definition) is 1. The van der Waals surface area contributed by atoms with Gasteiger partial charge in [-0.1, -0.05) is 0 Å². The molecule has 0 aromatic heterocycles. The highest BCUT2D eigenvalue weighted by atomic mass is 16.6. The number of rotatable bonds is 6. The Labute approximate surface area is 109 Å². The summed E-state index contributed by atoms with van der Waals surface area (Å²) in [5.41, 5.74) is -0.435. The van der Waals surface area contributed by atoms with Crippen LogP contribution in [0.4, 0.5) is 4.79 Å². The van der Waals surface area contributed by atoms with Crippen LogP contribution < -0.4 is 5.32 Å². The third-order valence-corrected chi connectivity index (χ3v) is 1.35. The van der Waals surface area contributed by atoms with Crippen molar-refractivity contribution in [3.05, 3.63) is 0 Å². The number of alkyl carbamates (subject to hydrolysis) is 1. The van der Waals surface area contributed by atoms with Crippen LogP contribution >= 0.6 is 0 Å². The molecule has 1 amide bonds. The van der Waals surface area contributed by atoms with Gasteiger partial charge in [0.05, 0.1) is 13.2 Å². The van der Waals surface area contributed by atoms with E-state index in [0.29, 0.717) is 32.8 Å². The van der Waals surface area contributed by atoms with Gasteiger partial charge in [0.25, 0.3) is 6.47 Å². The average molecular weight is 263 g/mol. The molecule has 0 saturated carbocycles. The molecule has 0 atom stereocenters. The second-order valence-electron chi connectivity index (χ2n) is 4.18. The van der Waals surface area contributed by atoms with Crippen molar-refractivity contribution in [2.75, 3.05) is 26.4 Å². The number of ether oxygens (including phenoxy) is 3. The fraction of sp³-hybridized carbons (Fsp3) is 0.833. The molecule has 0 aliphatic heterocycles. The van der Waals surface area contributed by atoms with E-state index >= 15 is 0 Å². The molecule has 18 heavy (non-hydrogen) atoms. The predicted molar refractivity (Wildman–Crippen MR) is 68.4 cm³/mol. The first-order chi connectivity index (χ1) is 8.37. The van der Waals surface area contributed by atoms with Crippen molar-refractivity contribution in [2.45, 2.75) is 40.2 Å². The second kappa shape index (κ2) is 12.2. The first-order valence-electron chi connectivity index (χ1n) is 5.97. The quantitative estimate of drug-likeness (QED) is 0.583. The molecule has 0 fully saturated rings. The van der Waals surface area contributed by atoms with Gasteiger partial charge < -0.3 is 19.5 Å². The Morgan fingerprint density at radius 3 is 2.17 bits per heavy atom. The first kappa shape index (κ1) is 19.0. The lowest BCUT2D eigenvalue weighted by Gasteiger charge is -2.19. The third kappa shape index (κ3) is 20.2. The molecule has 0 heterocycles. The van der Waals surface area contributed by atoms with E-state index in [0.717, 1.165) is 0 Å². The largest absolute Gasteiger partial charge is 0.468 e. The topological polar surface area (TPSA) is 73.9 Å². The van der Waals surface area contributed by atoms with Gasteiger partial charge in [-0.3, -0.25) is 4.79 Å². The van der Waals surface area contributed by atoms with Crippen LogP contribution in [0, 0.1) is 0 Å². The SMILES string of the molecule is CCOC=O.CCOCCNC(=O)OC(C)(C)C. The van der Waals surface area contributed by atoms with E-state index in [2.05, 4.69) is 10.1 Å². The van der Waals surface area contributed by atoms with E-state index in [1.54, 1.807) is 6.92 Å². The zero-order chi connectivity index (χ0) is 14.4. The van der Waals surface area contributed by atoms with Gasteiger partial charge >= 0.3 is 6.09 Å². The summed E-state index contributed by atoms with van der Waals surface area (Å²) in [5.74, 6) is 0. The second-order valence-corrected chi connectivity index (χ2v) is 4.18. The number of amides is 1. The predicted octanol–water partition coefficient (Wildman–Crippen LogP) is 1.73. The van der Waals surface area contributed by atoms with E-state index in [4.69, 9.17) is 9.47 Å². The van der Waals surface area contributed by atoms with Gasteiger partial charge in [-0.05, 0) is 34.6 Å². The summed E-state index contributed by atoms with van der Waals surface area (Å²) in [5, 5.41) is 2.59.